The molecule has 5 heteroatoms. The quantitative estimate of drug-likeness (QED) is 0.697. The number of nitrogens with one attached hydrogen (secondary N) is 1. The van der Waals surface area contributed by atoms with E-state index in [1.54, 1.807) is 0 Å². The summed E-state index contributed by atoms with van der Waals surface area (Å²) in [6, 6.07) is 9.74. The highest BCUT2D eigenvalue weighted by atomic mass is 32.1. The molecule has 1 amide bonds. The Labute approximate surface area is 164 Å². The summed E-state index contributed by atoms with van der Waals surface area (Å²) in [5.41, 5.74) is 3.22. The van der Waals surface area contributed by atoms with Gasteiger partial charge in [-0.3, -0.25) is 4.79 Å². The van der Waals surface area contributed by atoms with E-state index in [1.807, 2.05) is 30.3 Å². The van der Waals surface area contributed by atoms with E-state index in [-0.39, 0.29) is 12.5 Å². The van der Waals surface area contributed by atoms with Crippen molar-refractivity contribution in [3.63, 3.8) is 0 Å². The van der Waals surface area contributed by atoms with Crippen LogP contribution >= 0.6 is 11.3 Å². The van der Waals surface area contributed by atoms with Crippen LogP contribution in [0.5, 0.6) is 0 Å². The number of ether oxygens (including phenoxy) is 1. The van der Waals surface area contributed by atoms with Crippen LogP contribution in [0.3, 0.4) is 0 Å². The second-order valence-corrected chi connectivity index (χ2v) is 8.60. The molecule has 1 aromatic carbocycles. The van der Waals surface area contributed by atoms with E-state index in [0.717, 1.165) is 19.3 Å². The summed E-state index contributed by atoms with van der Waals surface area (Å²) in [7, 11) is 0. The number of rotatable bonds is 6. The molecule has 0 spiro atoms. The standard InChI is InChI=1S/C22H27NO3S/c1-4-15(3)16-6-8-18(9-7-16)23-21(24)13-26-22(25)20-12-17-11-14(2)5-10-19(17)27-20/h6-9,12,14-15H,4-5,10-11,13H2,1-3H3,(H,23,24)/t14-,15+/m1/s1. The van der Waals surface area contributed by atoms with Crippen LogP contribution in [0.2, 0.25) is 0 Å². The molecule has 1 aliphatic rings. The van der Waals surface area contributed by atoms with Gasteiger partial charge in [0, 0.05) is 10.6 Å². The van der Waals surface area contributed by atoms with E-state index >= 15 is 0 Å². The summed E-state index contributed by atoms with van der Waals surface area (Å²) in [6.07, 6.45) is 4.29. The van der Waals surface area contributed by atoms with Crippen molar-refractivity contribution in [2.75, 3.05) is 11.9 Å². The average molecular weight is 386 g/mol. The molecule has 3 rings (SSSR count). The molecule has 1 N–H and O–H groups in total. The van der Waals surface area contributed by atoms with E-state index in [0.29, 0.717) is 22.4 Å². The number of hydrogen-bond donors (Lipinski definition) is 1. The number of carbonyl (C=O) groups is 2. The zero-order chi connectivity index (χ0) is 19.4. The first-order chi connectivity index (χ1) is 13.0. The third-order valence-corrected chi connectivity index (χ3v) is 6.46. The molecular weight excluding hydrogens is 358 g/mol. The second-order valence-electron chi connectivity index (χ2n) is 7.46. The molecule has 1 heterocycles. The molecular formula is C22H27NO3S. The van der Waals surface area contributed by atoms with Crippen LogP contribution in [-0.2, 0) is 22.4 Å². The van der Waals surface area contributed by atoms with Crippen molar-refractivity contribution >= 4 is 28.9 Å². The van der Waals surface area contributed by atoms with Gasteiger partial charge in [-0.2, -0.15) is 0 Å². The maximum atomic E-state index is 12.3. The van der Waals surface area contributed by atoms with Gasteiger partial charge in [0.25, 0.3) is 5.91 Å². The fourth-order valence-electron chi connectivity index (χ4n) is 3.34. The molecule has 0 bridgehead atoms. The predicted molar refractivity (Wildman–Crippen MR) is 110 cm³/mol. The van der Waals surface area contributed by atoms with Crippen molar-refractivity contribution in [1.29, 1.82) is 0 Å². The van der Waals surface area contributed by atoms with E-state index < -0.39 is 5.97 Å². The van der Waals surface area contributed by atoms with Crippen molar-refractivity contribution < 1.29 is 14.3 Å². The van der Waals surface area contributed by atoms with E-state index in [2.05, 4.69) is 26.1 Å². The van der Waals surface area contributed by atoms with Crippen molar-refractivity contribution in [2.24, 2.45) is 5.92 Å². The number of hydrogen-bond acceptors (Lipinski definition) is 4. The predicted octanol–water partition coefficient (Wildman–Crippen LogP) is 5.18. The Morgan fingerprint density at radius 3 is 2.74 bits per heavy atom. The normalized spacial score (nSPS) is 17.1. The summed E-state index contributed by atoms with van der Waals surface area (Å²) in [5.74, 6) is 0.419. The highest BCUT2D eigenvalue weighted by Gasteiger charge is 2.21. The third-order valence-electron chi connectivity index (χ3n) is 5.24. The minimum Gasteiger partial charge on any atom is -0.451 e. The minimum atomic E-state index is -0.413. The van der Waals surface area contributed by atoms with Crippen LogP contribution in [0.1, 0.15) is 65.2 Å². The van der Waals surface area contributed by atoms with E-state index in [4.69, 9.17) is 4.74 Å². The first kappa shape index (κ1) is 19.6. The first-order valence-electron chi connectivity index (χ1n) is 9.64. The lowest BCUT2D eigenvalue weighted by atomic mass is 9.90. The van der Waals surface area contributed by atoms with Crippen LogP contribution in [0, 0.1) is 5.92 Å². The van der Waals surface area contributed by atoms with E-state index in [1.165, 1.54) is 33.8 Å². The van der Waals surface area contributed by atoms with Crippen LogP contribution in [0.4, 0.5) is 5.69 Å². The summed E-state index contributed by atoms with van der Waals surface area (Å²) >= 11 is 1.50. The van der Waals surface area contributed by atoms with Gasteiger partial charge in [-0.05, 0) is 66.8 Å². The fraction of sp³-hybridized carbons (Fsp3) is 0.455. The van der Waals surface area contributed by atoms with E-state index in [9.17, 15) is 9.59 Å². The summed E-state index contributed by atoms with van der Waals surface area (Å²) in [5, 5.41) is 2.77. The molecule has 27 heavy (non-hydrogen) atoms. The van der Waals surface area contributed by atoms with Gasteiger partial charge in [-0.25, -0.2) is 4.79 Å². The molecule has 0 saturated carbocycles. The maximum Gasteiger partial charge on any atom is 0.348 e. The largest absolute Gasteiger partial charge is 0.451 e. The van der Waals surface area contributed by atoms with Crippen LogP contribution < -0.4 is 5.32 Å². The number of anilines is 1. The van der Waals surface area contributed by atoms with Gasteiger partial charge in [0.05, 0.1) is 0 Å². The number of aryl methyl sites for hydroxylation is 1. The van der Waals surface area contributed by atoms with Crippen LogP contribution in [-0.4, -0.2) is 18.5 Å². The fourth-order valence-corrected chi connectivity index (χ4v) is 4.44. The zero-order valence-corrected chi connectivity index (χ0v) is 17.0. The number of fused-ring (bicyclic) bond motifs is 1. The monoisotopic (exact) mass is 385 g/mol. The molecule has 0 unspecified atom stereocenters. The molecule has 0 fully saturated rings. The lowest BCUT2D eigenvalue weighted by Crippen LogP contribution is -2.20. The van der Waals surface area contributed by atoms with Gasteiger partial charge in [-0.15, -0.1) is 11.3 Å². The van der Waals surface area contributed by atoms with Gasteiger partial charge < -0.3 is 10.1 Å². The highest BCUT2D eigenvalue weighted by Crippen LogP contribution is 2.32. The van der Waals surface area contributed by atoms with Crippen LogP contribution in [0.15, 0.2) is 30.3 Å². The first-order valence-corrected chi connectivity index (χ1v) is 10.5. The number of thiophene rings is 1. The molecule has 0 saturated heterocycles. The van der Waals surface area contributed by atoms with Crippen molar-refractivity contribution in [2.45, 2.75) is 52.4 Å². The Bertz CT molecular complexity index is 809. The Morgan fingerprint density at radius 1 is 1.30 bits per heavy atom. The smallest absolute Gasteiger partial charge is 0.348 e. The molecule has 144 valence electrons. The van der Waals surface area contributed by atoms with Gasteiger partial charge in [0.15, 0.2) is 6.61 Å². The number of esters is 1. The van der Waals surface area contributed by atoms with Gasteiger partial charge in [0.2, 0.25) is 0 Å². The lowest BCUT2D eigenvalue weighted by Gasteiger charge is -2.16. The highest BCUT2D eigenvalue weighted by molar-refractivity contribution is 7.14. The maximum absolute atomic E-state index is 12.3. The summed E-state index contributed by atoms with van der Waals surface area (Å²) in [4.78, 5) is 26.2. The molecule has 0 aliphatic heterocycles. The molecule has 0 radical (unpaired) electrons. The Hall–Kier alpha value is -2.14. The average Bonchev–Trinajstić information content (AvgIpc) is 3.09. The van der Waals surface area contributed by atoms with Gasteiger partial charge in [-0.1, -0.05) is 32.9 Å². The third kappa shape index (κ3) is 4.98. The minimum absolute atomic E-state index is 0.273. The molecule has 1 aliphatic carbocycles. The second kappa shape index (κ2) is 8.70. The van der Waals surface area contributed by atoms with Gasteiger partial charge in [0.1, 0.15) is 4.88 Å². The summed E-state index contributed by atoms with van der Waals surface area (Å²) < 4.78 is 5.21. The van der Waals surface area contributed by atoms with Crippen molar-refractivity contribution in [3.8, 4) is 0 Å². The Balaban J connectivity index is 1.51. The Morgan fingerprint density at radius 2 is 2.04 bits per heavy atom. The number of carbonyl (C=O) groups excluding carboxylic acids is 2. The van der Waals surface area contributed by atoms with Crippen molar-refractivity contribution in [3.05, 3.63) is 51.2 Å². The number of amides is 1. The summed E-state index contributed by atoms with van der Waals surface area (Å²) in [6.45, 7) is 6.29. The van der Waals surface area contributed by atoms with Crippen molar-refractivity contribution in [1.82, 2.24) is 0 Å². The topological polar surface area (TPSA) is 55.4 Å². The molecule has 1 aromatic heterocycles. The molecule has 4 nitrogen and oxygen atoms in total. The lowest BCUT2D eigenvalue weighted by molar-refractivity contribution is -0.119. The van der Waals surface area contributed by atoms with Crippen LogP contribution in [0.25, 0.3) is 0 Å². The molecule has 2 aromatic rings. The number of benzene rings is 1. The molecule has 2 atom stereocenters. The SMILES string of the molecule is CC[C@H](C)c1ccc(NC(=O)COC(=O)c2cc3c(s2)CC[C@@H](C)C3)cc1. The Kier molecular flexibility index (Phi) is 6.32. The van der Waals surface area contributed by atoms with Gasteiger partial charge >= 0.3 is 5.97 Å². The zero-order valence-electron chi connectivity index (χ0n) is 16.2.